The number of hydrogen-bond donors (Lipinski definition) is 3. The van der Waals surface area contributed by atoms with E-state index in [-0.39, 0.29) is 12.4 Å². The van der Waals surface area contributed by atoms with Crippen molar-refractivity contribution in [3.8, 4) is 33.8 Å². The van der Waals surface area contributed by atoms with Crippen molar-refractivity contribution in [2.75, 3.05) is 12.4 Å². The molecule has 0 bridgehead atoms. The number of hydrogen-bond acceptors (Lipinski definition) is 6. The molecule has 34 heavy (non-hydrogen) atoms. The third kappa shape index (κ3) is 4.02. The van der Waals surface area contributed by atoms with Crippen molar-refractivity contribution in [3.05, 3.63) is 96.8 Å². The largest absolute Gasteiger partial charge is 0.507 e. The molecular formula is C28H23N3O3. The summed E-state index contributed by atoms with van der Waals surface area (Å²) in [4.78, 5) is 8.81. The van der Waals surface area contributed by atoms with Crippen molar-refractivity contribution in [1.29, 1.82) is 0 Å². The summed E-state index contributed by atoms with van der Waals surface area (Å²) in [7, 11) is 1.56. The number of aromatic hydroxyl groups is 1. The van der Waals surface area contributed by atoms with Gasteiger partial charge in [-0.25, -0.2) is 9.97 Å². The highest BCUT2D eigenvalue weighted by atomic mass is 16.5. The Morgan fingerprint density at radius 3 is 2.00 bits per heavy atom. The zero-order valence-electron chi connectivity index (χ0n) is 18.6. The highest BCUT2D eigenvalue weighted by molar-refractivity contribution is 5.94. The van der Waals surface area contributed by atoms with Crippen LogP contribution in [0.1, 0.15) is 5.56 Å². The molecule has 0 aliphatic carbocycles. The molecule has 0 unspecified atom stereocenters. The summed E-state index contributed by atoms with van der Waals surface area (Å²) in [6.45, 7) is -0.148. The van der Waals surface area contributed by atoms with Crippen LogP contribution in [-0.2, 0) is 6.61 Å². The number of fused-ring (bicyclic) bond motifs is 1. The molecular weight excluding hydrogens is 426 g/mol. The van der Waals surface area contributed by atoms with Gasteiger partial charge >= 0.3 is 0 Å². The second-order valence-corrected chi connectivity index (χ2v) is 7.84. The lowest BCUT2D eigenvalue weighted by molar-refractivity contribution is 0.274. The number of methoxy groups -OCH3 is 1. The lowest BCUT2D eigenvalue weighted by Crippen LogP contribution is -1.99. The van der Waals surface area contributed by atoms with E-state index in [0.29, 0.717) is 33.8 Å². The number of aliphatic hydroxyl groups is 1. The van der Waals surface area contributed by atoms with Gasteiger partial charge in [-0.3, -0.25) is 0 Å². The maximum absolute atomic E-state index is 11.2. The second kappa shape index (κ2) is 9.21. The maximum Gasteiger partial charge on any atom is 0.141 e. The van der Waals surface area contributed by atoms with Crippen LogP contribution in [0.5, 0.6) is 11.5 Å². The predicted molar refractivity (Wildman–Crippen MR) is 134 cm³/mol. The number of anilines is 2. The Hall–Kier alpha value is -4.42. The minimum Gasteiger partial charge on any atom is -0.507 e. The number of phenolic OH excluding ortho intramolecular Hbond substituents is 1. The van der Waals surface area contributed by atoms with E-state index in [1.165, 1.54) is 6.33 Å². The Kier molecular flexibility index (Phi) is 5.81. The Bertz CT molecular complexity index is 1390. The molecule has 6 nitrogen and oxygen atoms in total. The summed E-state index contributed by atoms with van der Waals surface area (Å²) >= 11 is 0. The summed E-state index contributed by atoms with van der Waals surface area (Å²) < 4.78 is 5.44. The Balaban J connectivity index is 1.67. The van der Waals surface area contributed by atoms with Crippen LogP contribution >= 0.6 is 0 Å². The fraction of sp³-hybridized carbons (Fsp3) is 0.0714. The summed E-state index contributed by atoms with van der Waals surface area (Å²) in [5, 5.41) is 25.0. The van der Waals surface area contributed by atoms with Crippen molar-refractivity contribution >= 4 is 22.4 Å². The monoisotopic (exact) mass is 449 g/mol. The SMILES string of the molecule is COc1cc2c(Nc3cc(-c4ccccc4)c(O)c(-c4ccccc4)c3)ncnc2cc1CO. The number of nitrogens with zero attached hydrogens (tertiary/aromatic N) is 2. The zero-order chi connectivity index (χ0) is 23.5. The molecule has 0 aliphatic rings. The van der Waals surface area contributed by atoms with Crippen LogP contribution < -0.4 is 10.1 Å². The number of nitrogens with one attached hydrogen (secondary N) is 1. The predicted octanol–water partition coefficient (Wildman–Crippen LogP) is 5.91. The Morgan fingerprint density at radius 1 is 0.824 bits per heavy atom. The average Bonchev–Trinajstić information content (AvgIpc) is 2.90. The van der Waals surface area contributed by atoms with Crippen LogP contribution in [-0.4, -0.2) is 27.3 Å². The van der Waals surface area contributed by atoms with Gasteiger partial charge in [0.15, 0.2) is 0 Å². The van der Waals surface area contributed by atoms with Crippen LogP contribution in [0.4, 0.5) is 11.5 Å². The first kappa shape index (κ1) is 21.4. The van der Waals surface area contributed by atoms with Gasteiger partial charge in [0.1, 0.15) is 23.6 Å². The van der Waals surface area contributed by atoms with E-state index in [1.807, 2.05) is 78.9 Å². The third-order valence-electron chi connectivity index (χ3n) is 5.75. The first-order chi connectivity index (χ1) is 16.7. The van der Waals surface area contributed by atoms with E-state index in [2.05, 4.69) is 15.3 Å². The van der Waals surface area contributed by atoms with E-state index in [4.69, 9.17) is 4.74 Å². The maximum atomic E-state index is 11.2. The number of aliphatic hydroxyl groups excluding tert-OH is 1. The van der Waals surface area contributed by atoms with Crippen molar-refractivity contribution in [2.24, 2.45) is 0 Å². The van der Waals surface area contributed by atoms with Crippen molar-refractivity contribution in [3.63, 3.8) is 0 Å². The topological polar surface area (TPSA) is 87.5 Å². The number of rotatable bonds is 6. The van der Waals surface area contributed by atoms with Gasteiger partial charge in [0, 0.05) is 27.8 Å². The van der Waals surface area contributed by atoms with Crippen LogP contribution in [0.15, 0.2) is 91.3 Å². The van der Waals surface area contributed by atoms with Crippen LogP contribution in [0, 0.1) is 0 Å². The quantitative estimate of drug-likeness (QED) is 0.279. The lowest BCUT2D eigenvalue weighted by Gasteiger charge is -2.16. The van der Waals surface area contributed by atoms with Gasteiger partial charge in [-0.1, -0.05) is 60.7 Å². The minimum atomic E-state index is -0.148. The molecule has 168 valence electrons. The second-order valence-electron chi connectivity index (χ2n) is 7.84. The summed E-state index contributed by atoms with van der Waals surface area (Å²) in [6.07, 6.45) is 1.48. The first-order valence-electron chi connectivity index (χ1n) is 10.9. The molecule has 5 rings (SSSR count). The lowest BCUT2D eigenvalue weighted by atomic mass is 9.96. The third-order valence-corrected chi connectivity index (χ3v) is 5.75. The molecule has 0 saturated heterocycles. The molecule has 5 aromatic rings. The van der Waals surface area contributed by atoms with Gasteiger partial charge in [-0.2, -0.15) is 0 Å². The Labute approximate surface area is 197 Å². The normalized spacial score (nSPS) is 10.9. The number of phenols is 1. The van der Waals surface area contributed by atoms with Crippen LogP contribution in [0.3, 0.4) is 0 Å². The number of aromatic nitrogens is 2. The standard InChI is InChI=1S/C28H23N3O3/c1-34-26-15-24-25(12-20(26)16-32)29-17-30-28(24)31-21-13-22(18-8-4-2-5-9-18)27(33)23(14-21)19-10-6-3-7-11-19/h2-15,17,32-33H,16H2,1H3,(H,29,30,31). The van der Waals surface area contributed by atoms with Crippen molar-refractivity contribution < 1.29 is 14.9 Å². The van der Waals surface area contributed by atoms with Gasteiger partial charge in [0.2, 0.25) is 0 Å². The van der Waals surface area contributed by atoms with Gasteiger partial charge in [-0.05, 0) is 35.4 Å². The number of ether oxygens (including phenoxy) is 1. The molecule has 0 saturated carbocycles. The minimum absolute atomic E-state index is 0.148. The fourth-order valence-corrected chi connectivity index (χ4v) is 4.06. The molecule has 0 aliphatic heterocycles. The molecule has 1 heterocycles. The molecule has 3 N–H and O–H groups in total. The molecule has 1 aromatic heterocycles. The molecule has 0 spiro atoms. The summed E-state index contributed by atoms with van der Waals surface area (Å²) in [6, 6.07) is 27.0. The molecule has 0 fully saturated rings. The molecule has 4 aromatic carbocycles. The van der Waals surface area contributed by atoms with E-state index < -0.39 is 0 Å². The van der Waals surface area contributed by atoms with Gasteiger partial charge in [-0.15, -0.1) is 0 Å². The molecule has 6 heteroatoms. The molecule has 0 radical (unpaired) electrons. The number of benzene rings is 4. The van der Waals surface area contributed by atoms with Gasteiger partial charge in [0.25, 0.3) is 0 Å². The van der Waals surface area contributed by atoms with E-state index in [0.717, 1.165) is 22.2 Å². The van der Waals surface area contributed by atoms with Gasteiger partial charge < -0.3 is 20.3 Å². The fourth-order valence-electron chi connectivity index (χ4n) is 4.06. The van der Waals surface area contributed by atoms with Crippen molar-refractivity contribution in [1.82, 2.24) is 9.97 Å². The van der Waals surface area contributed by atoms with E-state index in [9.17, 15) is 10.2 Å². The van der Waals surface area contributed by atoms with Crippen LogP contribution in [0.25, 0.3) is 33.2 Å². The highest BCUT2D eigenvalue weighted by Gasteiger charge is 2.15. The first-order valence-corrected chi connectivity index (χ1v) is 10.9. The summed E-state index contributed by atoms with van der Waals surface area (Å²) in [5.74, 6) is 1.37. The Morgan fingerprint density at radius 2 is 1.44 bits per heavy atom. The summed E-state index contributed by atoms with van der Waals surface area (Å²) in [5.41, 5.74) is 5.34. The van der Waals surface area contributed by atoms with Crippen LogP contribution in [0.2, 0.25) is 0 Å². The van der Waals surface area contributed by atoms with E-state index >= 15 is 0 Å². The molecule has 0 amide bonds. The van der Waals surface area contributed by atoms with E-state index in [1.54, 1.807) is 13.2 Å². The zero-order valence-corrected chi connectivity index (χ0v) is 18.6. The van der Waals surface area contributed by atoms with Gasteiger partial charge in [0.05, 0.1) is 19.2 Å². The average molecular weight is 450 g/mol. The van der Waals surface area contributed by atoms with Crippen molar-refractivity contribution in [2.45, 2.75) is 6.61 Å². The highest BCUT2D eigenvalue weighted by Crippen LogP contribution is 2.41. The smallest absolute Gasteiger partial charge is 0.141 e. The molecule has 0 atom stereocenters.